The first-order chi connectivity index (χ1) is 11.3. The molecule has 2 aromatic carbocycles. The third-order valence-corrected chi connectivity index (χ3v) is 3.46. The maximum atomic E-state index is 8.64. The third-order valence-electron chi connectivity index (χ3n) is 3.46. The Hall–Kier alpha value is -1.59. The molecule has 2 aromatic rings. The van der Waals surface area contributed by atoms with Crippen LogP contribution in [0.1, 0.15) is 16.7 Å². The van der Waals surface area contributed by atoms with Crippen molar-refractivity contribution in [3.8, 4) is 5.75 Å². The normalized spacial score (nSPS) is 10.2. The first-order valence-electron chi connectivity index (χ1n) is 7.95. The predicted molar refractivity (Wildman–Crippen MR) is 98.8 cm³/mol. The van der Waals surface area contributed by atoms with Crippen molar-refractivity contribution in [2.45, 2.75) is 20.1 Å². The maximum Gasteiger partial charge on any atom is 0.124 e. The minimum Gasteiger partial charge on any atom is -0.489 e. The summed E-state index contributed by atoms with van der Waals surface area (Å²) >= 11 is 0. The molecular weight excluding hydrogens is 326 g/mol. The Morgan fingerprint density at radius 1 is 1.00 bits per heavy atom. The van der Waals surface area contributed by atoms with E-state index >= 15 is 0 Å². The van der Waals surface area contributed by atoms with Gasteiger partial charge in [0.1, 0.15) is 12.4 Å². The number of halogens is 1. The van der Waals surface area contributed by atoms with Gasteiger partial charge in [-0.05, 0) is 18.6 Å². The summed E-state index contributed by atoms with van der Waals surface area (Å²) in [5.74, 6) is 0.900. The second-order valence-corrected chi connectivity index (χ2v) is 5.39. The van der Waals surface area contributed by atoms with Crippen molar-refractivity contribution in [3.63, 3.8) is 0 Å². The number of para-hydroxylation sites is 1. The Labute approximate surface area is 150 Å². The van der Waals surface area contributed by atoms with Gasteiger partial charge in [0.25, 0.3) is 0 Å². The summed E-state index contributed by atoms with van der Waals surface area (Å²) < 4.78 is 11.2. The van der Waals surface area contributed by atoms with Crippen molar-refractivity contribution in [2.75, 3.05) is 26.4 Å². The van der Waals surface area contributed by atoms with E-state index < -0.39 is 0 Å². The maximum absolute atomic E-state index is 8.64. The first kappa shape index (κ1) is 20.5. The van der Waals surface area contributed by atoms with Gasteiger partial charge in [0.15, 0.2) is 0 Å². The van der Waals surface area contributed by atoms with E-state index in [2.05, 4.69) is 42.6 Å². The van der Waals surface area contributed by atoms with Gasteiger partial charge in [0.05, 0.1) is 19.8 Å². The highest BCUT2D eigenvalue weighted by Crippen LogP contribution is 2.19. The SMILES string of the molecule is Cc1ccc(COc2ccccc2CNCCOCCO)cc1.Cl. The van der Waals surface area contributed by atoms with Crippen LogP contribution in [0.5, 0.6) is 5.75 Å². The summed E-state index contributed by atoms with van der Waals surface area (Å²) in [7, 11) is 0. The van der Waals surface area contributed by atoms with Crippen molar-refractivity contribution >= 4 is 12.4 Å². The number of benzene rings is 2. The number of aliphatic hydroxyl groups excluding tert-OH is 1. The lowest BCUT2D eigenvalue weighted by Gasteiger charge is -2.12. The van der Waals surface area contributed by atoms with Gasteiger partial charge in [0, 0.05) is 18.7 Å². The molecule has 0 unspecified atom stereocenters. The Balaban J connectivity index is 0.00000288. The van der Waals surface area contributed by atoms with E-state index in [4.69, 9.17) is 14.6 Å². The zero-order valence-corrected chi connectivity index (χ0v) is 14.8. The molecule has 0 aliphatic heterocycles. The van der Waals surface area contributed by atoms with Crippen molar-refractivity contribution in [3.05, 3.63) is 65.2 Å². The van der Waals surface area contributed by atoms with Crippen molar-refractivity contribution in [1.82, 2.24) is 5.32 Å². The zero-order valence-electron chi connectivity index (χ0n) is 14.0. The van der Waals surface area contributed by atoms with Crippen LogP contribution in [0.2, 0.25) is 0 Å². The van der Waals surface area contributed by atoms with Gasteiger partial charge in [-0.3, -0.25) is 0 Å². The Kier molecular flexibility index (Phi) is 10.1. The van der Waals surface area contributed by atoms with Crippen LogP contribution in [0.3, 0.4) is 0 Å². The number of nitrogens with one attached hydrogen (secondary N) is 1. The van der Waals surface area contributed by atoms with Crippen LogP contribution >= 0.6 is 12.4 Å². The van der Waals surface area contributed by atoms with E-state index in [9.17, 15) is 0 Å². The summed E-state index contributed by atoms with van der Waals surface area (Å²) in [6.07, 6.45) is 0. The molecule has 5 heteroatoms. The fourth-order valence-corrected chi connectivity index (χ4v) is 2.17. The zero-order chi connectivity index (χ0) is 16.3. The predicted octanol–water partition coefficient (Wildman–Crippen LogP) is 3.09. The van der Waals surface area contributed by atoms with Crippen LogP contribution in [0.15, 0.2) is 48.5 Å². The van der Waals surface area contributed by atoms with Crippen LogP contribution < -0.4 is 10.1 Å². The van der Waals surface area contributed by atoms with Crippen LogP contribution in [0.4, 0.5) is 0 Å². The van der Waals surface area contributed by atoms with Gasteiger partial charge >= 0.3 is 0 Å². The lowest BCUT2D eigenvalue weighted by atomic mass is 10.1. The standard InChI is InChI=1S/C19H25NO3.ClH/c1-16-6-8-17(9-7-16)15-23-19-5-3-2-4-18(19)14-20-10-12-22-13-11-21;/h2-9,20-21H,10-15H2,1H3;1H. The van der Waals surface area contributed by atoms with Gasteiger partial charge in [-0.1, -0.05) is 48.0 Å². The number of rotatable bonds is 10. The van der Waals surface area contributed by atoms with Crippen molar-refractivity contribution in [1.29, 1.82) is 0 Å². The van der Waals surface area contributed by atoms with Crippen LogP contribution in [-0.2, 0) is 17.9 Å². The Morgan fingerprint density at radius 3 is 2.50 bits per heavy atom. The minimum absolute atomic E-state index is 0. The number of ether oxygens (including phenoxy) is 2. The molecule has 0 bridgehead atoms. The molecule has 0 aromatic heterocycles. The van der Waals surface area contributed by atoms with Gasteiger partial charge in [0.2, 0.25) is 0 Å². The molecule has 0 saturated heterocycles. The molecule has 4 nitrogen and oxygen atoms in total. The molecule has 2 rings (SSSR count). The van der Waals surface area contributed by atoms with E-state index in [0.717, 1.165) is 30.0 Å². The number of aryl methyl sites for hydroxylation is 1. The average Bonchev–Trinajstić information content (AvgIpc) is 2.58. The van der Waals surface area contributed by atoms with Crippen LogP contribution in [0, 0.1) is 6.92 Å². The first-order valence-corrected chi connectivity index (χ1v) is 7.95. The molecule has 0 saturated carbocycles. The lowest BCUT2D eigenvalue weighted by Crippen LogP contribution is -2.20. The summed E-state index contributed by atoms with van der Waals surface area (Å²) in [6, 6.07) is 16.4. The molecule has 132 valence electrons. The summed E-state index contributed by atoms with van der Waals surface area (Å²) in [5.41, 5.74) is 3.54. The van der Waals surface area contributed by atoms with Crippen molar-refractivity contribution in [2.24, 2.45) is 0 Å². The highest BCUT2D eigenvalue weighted by molar-refractivity contribution is 5.85. The molecule has 0 aliphatic carbocycles. The monoisotopic (exact) mass is 351 g/mol. The summed E-state index contributed by atoms with van der Waals surface area (Å²) in [5, 5.41) is 12.0. The topological polar surface area (TPSA) is 50.7 Å². The lowest BCUT2D eigenvalue weighted by molar-refractivity contribution is 0.0937. The second kappa shape index (κ2) is 11.9. The van der Waals surface area contributed by atoms with Crippen molar-refractivity contribution < 1.29 is 14.6 Å². The molecule has 0 aliphatic rings. The highest BCUT2D eigenvalue weighted by Gasteiger charge is 2.03. The molecular formula is C19H26ClNO3. The van der Waals surface area contributed by atoms with Gasteiger partial charge in [-0.2, -0.15) is 0 Å². The molecule has 0 spiro atoms. The van der Waals surface area contributed by atoms with E-state index in [0.29, 0.717) is 19.8 Å². The van der Waals surface area contributed by atoms with Crippen LogP contribution in [-0.4, -0.2) is 31.5 Å². The highest BCUT2D eigenvalue weighted by atomic mass is 35.5. The number of hydrogen-bond acceptors (Lipinski definition) is 4. The van der Waals surface area contributed by atoms with Gasteiger partial charge in [-0.15, -0.1) is 12.4 Å². The minimum atomic E-state index is 0. The molecule has 0 amide bonds. The Bertz CT molecular complexity index is 575. The number of hydrogen-bond donors (Lipinski definition) is 2. The van der Waals surface area contributed by atoms with E-state index in [-0.39, 0.29) is 19.0 Å². The average molecular weight is 352 g/mol. The van der Waals surface area contributed by atoms with Gasteiger partial charge in [-0.25, -0.2) is 0 Å². The van der Waals surface area contributed by atoms with Gasteiger partial charge < -0.3 is 19.9 Å². The van der Waals surface area contributed by atoms with E-state index in [1.807, 2.05) is 18.2 Å². The third kappa shape index (κ3) is 7.32. The van der Waals surface area contributed by atoms with E-state index in [1.54, 1.807) is 0 Å². The smallest absolute Gasteiger partial charge is 0.124 e. The summed E-state index contributed by atoms with van der Waals surface area (Å²) in [6.45, 7) is 5.16. The molecule has 0 heterocycles. The Morgan fingerprint density at radius 2 is 1.75 bits per heavy atom. The molecule has 0 radical (unpaired) electrons. The molecule has 24 heavy (non-hydrogen) atoms. The fourth-order valence-electron chi connectivity index (χ4n) is 2.17. The second-order valence-electron chi connectivity index (χ2n) is 5.39. The largest absolute Gasteiger partial charge is 0.489 e. The quantitative estimate of drug-likeness (QED) is 0.646. The summed E-state index contributed by atoms with van der Waals surface area (Å²) in [4.78, 5) is 0. The molecule has 0 atom stereocenters. The molecule has 2 N–H and O–H groups in total. The number of aliphatic hydroxyl groups is 1. The van der Waals surface area contributed by atoms with Crippen LogP contribution in [0.25, 0.3) is 0 Å². The van der Waals surface area contributed by atoms with E-state index in [1.165, 1.54) is 5.56 Å². The molecule has 0 fully saturated rings. The fraction of sp³-hybridized carbons (Fsp3) is 0.368.